The molecule has 0 saturated carbocycles. The topological polar surface area (TPSA) is 42.7 Å². The van der Waals surface area contributed by atoms with Crippen LogP contribution in [0.4, 0.5) is 23.4 Å². The van der Waals surface area contributed by atoms with Gasteiger partial charge in [-0.2, -0.15) is 13.2 Å². The van der Waals surface area contributed by atoms with Gasteiger partial charge in [0.2, 0.25) is 0 Å². The molecule has 0 N–H and O–H groups in total. The van der Waals surface area contributed by atoms with Crippen LogP contribution in [0.3, 0.4) is 0 Å². The molecule has 5 nitrogen and oxygen atoms in total. The Morgan fingerprint density at radius 1 is 1.13 bits per heavy atom. The van der Waals surface area contributed by atoms with Crippen molar-refractivity contribution in [2.75, 3.05) is 31.2 Å². The summed E-state index contributed by atoms with van der Waals surface area (Å²) in [6, 6.07) is 5.96. The maximum Gasteiger partial charge on any atom is 0.416 e. The normalized spacial score (nSPS) is 15.2. The second kappa shape index (κ2) is 7.86. The number of hydrogen-bond donors (Lipinski definition) is 0. The predicted octanol–water partition coefficient (Wildman–Crippen LogP) is 4.26. The third-order valence-corrected chi connectivity index (χ3v) is 5.50. The summed E-state index contributed by atoms with van der Waals surface area (Å²) in [4.78, 5) is 6.45. The van der Waals surface area contributed by atoms with Gasteiger partial charge in [0, 0.05) is 19.5 Å². The van der Waals surface area contributed by atoms with E-state index in [1.807, 2.05) is 13.0 Å². The molecular weight excluding hydrogens is 400 g/mol. The van der Waals surface area contributed by atoms with Crippen LogP contribution in [0, 0.1) is 13.8 Å². The number of ether oxygens (including phenoxy) is 1. The highest BCUT2D eigenvalue weighted by Gasteiger charge is 2.33. The van der Waals surface area contributed by atoms with Gasteiger partial charge in [0.05, 0.1) is 30.2 Å². The second-order valence-electron chi connectivity index (χ2n) is 7.42. The minimum absolute atomic E-state index is 0.106. The lowest BCUT2D eigenvalue weighted by molar-refractivity contribution is -0.138. The molecular formula is C21H22F4N4O. The van der Waals surface area contributed by atoms with Crippen LogP contribution in [-0.2, 0) is 24.0 Å². The molecule has 0 bridgehead atoms. The van der Waals surface area contributed by atoms with Crippen LogP contribution >= 0.6 is 0 Å². The summed E-state index contributed by atoms with van der Waals surface area (Å²) in [5.41, 5.74) is 1.92. The van der Waals surface area contributed by atoms with Crippen molar-refractivity contribution in [1.82, 2.24) is 14.6 Å². The van der Waals surface area contributed by atoms with E-state index in [0.717, 1.165) is 11.6 Å². The van der Waals surface area contributed by atoms with Gasteiger partial charge in [-0.1, -0.05) is 12.1 Å². The fourth-order valence-corrected chi connectivity index (χ4v) is 3.84. The number of aromatic nitrogens is 3. The highest BCUT2D eigenvalue weighted by atomic mass is 19.4. The van der Waals surface area contributed by atoms with Crippen molar-refractivity contribution in [2.45, 2.75) is 33.1 Å². The van der Waals surface area contributed by atoms with E-state index in [-0.39, 0.29) is 17.7 Å². The van der Waals surface area contributed by atoms with Crippen molar-refractivity contribution >= 4 is 11.5 Å². The van der Waals surface area contributed by atoms with E-state index in [2.05, 4.69) is 15.0 Å². The first-order chi connectivity index (χ1) is 14.3. The summed E-state index contributed by atoms with van der Waals surface area (Å²) in [7, 11) is 0. The van der Waals surface area contributed by atoms with Gasteiger partial charge >= 0.3 is 6.18 Å². The first-order valence-corrected chi connectivity index (χ1v) is 9.72. The van der Waals surface area contributed by atoms with Gasteiger partial charge in [-0.15, -0.1) is 5.10 Å². The number of fused-ring (bicyclic) bond motifs is 1. The SMILES string of the molecule is Cc1c(Cc2c(CF)nc3c(C)cc(N4CCOCC4)nn23)cccc1C(F)(F)F. The number of imidazole rings is 1. The molecule has 2 aromatic heterocycles. The van der Waals surface area contributed by atoms with Crippen LogP contribution in [0.25, 0.3) is 5.65 Å². The number of halogens is 4. The number of morpholine rings is 1. The highest BCUT2D eigenvalue weighted by molar-refractivity contribution is 5.56. The van der Waals surface area contributed by atoms with Gasteiger partial charge in [0.15, 0.2) is 5.65 Å². The lowest BCUT2D eigenvalue weighted by atomic mass is 9.98. The van der Waals surface area contributed by atoms with E-state index in [0.29, 0.717) is 49.0 Å². The second-order valence-corrected chi connectivity index (χ2v) is 7.42. The van der Waals surface area contributed by atoms with E-state index >= 15 is 0 Å². The van der Waals surface area contributed by atoms with E-state index in [9.17, 15) is 17.6 Å². The third-order valence-electron chi connectivity index (χ3n) is 5.50. The molecule has 160 valence electrons. The van der Waals surface area contributed by atoms with E-state index < -0.39 is 18.4 Å². The number of alkyl halides is 4. The summed E-state index contributed by atoms with van der Waals surface area (Å²) in [5, 5.41) is 4.66. The lowest BCUT2D eigenvalue weighted by Gasteiger charge is -2.28. The molecule has 0 unspecified atom stereocenters. The molecule has 1 aromatic carbocycles. The number of nitrogens with zero attached hydrogens (tertiary/aromatic N) is 4. The Bertz CT molecular complexity index is 1070. The van der Waals surface area contributed by atoms with Crippen LogP contribution in [0.15, 0.2) is 24.3 Å². The number of benzene rings is 1. The Labute approximate surface area is 171 Å². The Hall–Kier alpha value is -2.68. The fourth-order valence-electron chi connectivity index (χ4n) is 3.84. The molecule has 30 heavy (non-hydrogen) atoms. The van der Waals surface area contributed by atoms with Gasteiger partial charge < -0.3 is 9.64 Å². The van der Waals surface area contributed by atoms with Crippen LogP contribution < -0.4 is 4.90 Å². The highest BCUT2D eigenvalue weighted by Crippen LogP contribution is 2.34. The molecule has 3 heterocycles. The average molecular weight is 422 g/mol. The van der Waals surface area contributed by atoms with Crippen molar-refractivity contribution in [2.24, 2.45) is 0 Å². The van der Waals surface area contributed by atoms with E-state index in [1.54, 1.807) is 10.6 Å². The maximum atomic E-state index is 13.8. The largest absolute Gasteiger partial charge is 0.416 e. The Morgan fingerprint density at radius 2 is 1.87 bits per heavy atom. The summed E-state index contributed by atoms with van der Waals surface area (Å²) < 4.78 is 60.7. The molecule has 0 aliphatic carbocycles. The minimum atomic E-state index is -4.44. The van der Waals surface area contributed by atoms with Crippen molar-refractivity contribution in [3.8, 4) is 0 Å². The Morgan fingerprint density at radius 3 is 2.53 bits per heavy atom. The first kappa shape index (κ1) is 20.6. The number of hydrogen-bond acceptors (Lipinski definition) is 4. The lowest BCUT2D eigenvalue weighted by Crippen LogP contribution is -2.37. The molecule has 3 aromatic rings. The van der Waals surface area contributed by atoms with Crippen LogP contribution in [0.5, 0.6) is 0 Å². The zero-order chi connectivity index (χ0) is 21.5. The molecule has 1 aliphatic rings. The van der Waals surface area contributed by atoms with Gasteiger partial charge in [0.25, 0.3) is 0 Å². The standard InChI is InChI=1S/C21H22F4N4O/c1-13-10-19(28-6-8-30-9-7-28)27-29-18(17(12-22)26-20(13)29)11-15-4-3-5-16(14(15)2)21(23,24)25/h3-5,10H,6-9,11-12H2,1-2H3. The monoisotopic (exact) mass is 422 g/mol. The van der Waals surface area contributed by atoms with Gasteiger partial charge in [-0.3, -0.25) is 0 Å². The number of anilines is 1. The maximum absolute atomic E-state index is 13.8. The fraction of sp³-hybridized carbons (Fsp3) is 0.429. The number of aryl methyl sites for hydroxylation is 1. The summed E-state index contributed by atoms with van der Waals surface area (Å²) >= 11 is 0. The predicted molar refractivity (Wildman–Crippen MR) is 105 cm³/mol. The molecule has 9 heteroatoms. The zero-order valence-corrected chi connectivity index (χ0v) is 16.8. The van der Waals surface area contributed by atoms with Gasteiger partial charge in [-0.05, 0) is 42.7 Å². The third kappa shape index (κ3) is 3.74. The molecule has 1 saturated heterocycles. The molecule has 1 fully saturated rings. The van der Waals surface area contributed by atoms with Crippen molar-refractivity contribution < 1.29 is 22.3 Å². The number of rotatable bonds is 4. The molecule has 1 aliphatic heterocycles. The van der Waals surface area contributed by atoms with E-state index in [4.69, 9.17) is 4.74 Å². The smallest absolute Gasteiger partial charge is 0.378 e. The Kier molecular flexibility index (Phi) is 5.40. The quantitative estimate of drug-likeness (QED) is 0.590. The molecule has 0 amide bonds. The van der Waals surface area contributed by atoms with Crippen LogP contribution in [0.2, 0.25) is 0 Å². The molecule has 0 spiro atoms. The van der Waals surface area contributed by atoms with Crippen molar-refractivity contribution in [1.29, 1.82) is 0 Å². The summed E-state index contributed by atoms with van der Waals surface area (Å²) in [6.07, 6.45) is -4.34. The summed E-state index contributed by atoms with van der Waals surface area (Å²) in [5.74, 6) is 0.716. The van der Waals surface area contributed by atoms with Crippen LogP contribution in [-0.4, -0.2) is 40.9 Å². The average Bonchev–Trinajstić information content (AvgIpc) is 3.07. The van der Waals surface area contributed by atoms with Gasteiger partial charge in [0.1, 0.15) is 12.5 Å². The van der Waals surface area contributed by atoms with Crippen molar-refractivity contribution in [3.63, 3.8) is 0 Å². The molecule has 0 radical (unpaired) electrons. The van der Waals surface area contributed by atoms with Crippen LogP contribution in [0.1, 0.15) is 33.6 Å². The van der Waals surface area contributed by atoms with E-state index in [1.165, 1.54) is 13.0 Å². The molecule has 0 atom stereocenters. The summed E-state index contributed by atoms with van der Waals surface area (Å²) in [6.45, 7) is 5.05. The zero-order valence-electron chi connectivity index (χ0n) is 16.8. The van der Waals surface area contributed by atoms with Crippen molar-refractivity contribution in [3.05, 3.63) is 57.9 Å². The Balaban J connectivity index is 1.81. The minimum Gasteiger partial charge on any atom is -0.378 e. The first-order valence-electron chi connectivity index (χ1n) is 9.72. The molecule has 4 rings (SSSR count). The van der Waals surface area contributed by atoms with Gasteiger partial charge in [-0.25, -0.2) is 13.9 Å².